The van der Waals surface area contributed by atoms with Crippen molar-refractivity contribution >= 4 is 27.3 Å². The molecular formula is C17H18N2O3S. The van der Waals surface area contributed by atoms with E-state index >= 15 is 0 Å². The van der Waals surface area contributed by atoms with Crippen LogP contribution in [-0.2, 0) is 22.9 Å². The van der Waals surface area contributed by atoms with E-state index in [1.807, 2.05) is 12.1 Å². The largest absolute Gasteiger partial charge is 0.322 e. The van der Waals surface area contributed by atoms with E-state index < -0.39 is 10.0 Å². The Balaban J connectivity index is 1.77. The molecule has 3 rings (SSSR count). The van der Waals surface area contributed by atoms with Gasteiger partial charge in [-0.05, 0) is 60.7 Å². The second-order valence-electron chi connectivity index (χ2n) is 5.75. The molecule has 0 bridgehead atoms. The molecule has 2 aromatic rings. The van der Waals surface area contributed by atoms with Crippen LogP contribution in [0.4, 0.5) is 11.4 Å². The summed E-state index contributed by atoms with van der Waals surface area (Å²) in [6.07, 6.45) is 4.38. The highest BCUT2D eigenvalue weighted by Gasteiger charge is 2.13. The lowest BCUT2D eigenvalue weighted by Gasteiger charge is -2.09. The molecule has 0 unspecified atom stereocenters. The third-order valence-electron chi connectivity index (χ3n) is 3.78. The average Bonchev–Trinajstić information content (AvgIpc) is 2.93. The maximum absolute atomic E-state index is 12.3. The zero-order valence-corrected chi connectivity index (χ0v) is 13.6. The van der Waals surface area contributed by atoms with E-state index in [1.165, 1.54) is 17.2 Å². The Hall–Kier alpha value is -2.34. The van der Waals surface area contributed by atoms with E-state index in [-0.39, 0.29) is 5.91 Å². The van der Waals surface area contributed by atoms with Gasteiger partial charge >= 0.3 is 0 Å². The van der Waals surface area contributed by atoms with Crippen LogP contribution in [0.2, 0.25) is 0 Å². The number of hydrogen-bond donors (Lipinski definition) is 2. The number of anilines is 2. The standard InChI is InChI=1S/C17H18N2O3S/c1-23(21,22)19-16-7-3-6-14(11-16)17(20)18-15-9-8-12-4-2-5-13(12)10-15/h3,6-11,19H,2,4-5H2,1H3,(H,18,20). The number of benzene rings is 2. The number of sulfonamides is 1. The highest BCUT2D eigenvalue weighted by Crippen LogP contribution is 2.25. The fourth-order valence-electron chi connectivity index (χ4n) is 2.79. The van der Waals surface area contributed by atoms with Gasteiger partial charge in [-0.3, -0.25) is 9.52 Å². The zero-order chi connectivity index (χ0) is 16.4. The Labute approximate surface area is 135 Å². The van der Waals surface area contributed by atoms with Crippen LogP contribution in [-0.4, -0.2) is 20.6 Å². The van der Waals surface area contributed by atoms with Gasteiger partial charge in [-0.25, -0.2) is 8.42 Å². The van der Waals surface area contributed by atoms with Crippen LogP contribution in [0.3, 0.4) is 0 Å². The van der Waals surface area contributed by atoms with Crippen LogP contribution in [0.15, 0.2) is 42.5 Å². The minimum absolute atomic E-state index is 0.264. The first-order chi connectivity index (χ1) is 10.9. The molecule has 2 N–H and O–H groups in total. The first-order valence-corrected chi connectivity index (χ1v) is 9.31. The van der Waals surface area contributed by atoms with Crippen molar-refractivity contribution in [3.05, 3.63) is 59.2 Å². The lowest BCUT2D eigenvalue weighted by Crippen LogP contribution is -2.14. The molecule has 5 nitrogen and oxygen atoms in total. The normalized spacial score (nSPS) is 13.4. The second-order valence-corrected chi connectivity index (χ2v) is 7.49. The third kappa shape index (κ3) is 3.90. The Morgan fingerprint density at radius 1 is 1.00 bits per heavy atom. The van der Waals surface area contributed by atoms with Crippen LogP contribution in [0.5, 0.6) is 0 Å². The molecule has 0 radical (unpaired) electrons. The first-order valence-electron chi connectivity index (χ1n) is 7.42. The number of nitrogens with one attached hydrogen (secondary N) is 2. The molecule has 1 aliphatic carbocycles. The summed E-state index contributed by atoms with van der Waals surface area (Å²) in [5, 5.41) is 2.86. The predicted octanol–water partition coefficient (Wildman–Crippen LogP) is 2.80. The number of fused-ring (bicyclic) bond motifs is 1. The van der Waals surface area contributed by atoms with Gasteiger partial charge in [-0.2, -0.15) is 0 Å². The molecule has 0 saturated carbocycles. The molecule has 0 atom stereocenters. The second kappa shape index (κ2) is 6.04. The van der Waals surface area contributed by atoms with Crippen molar-refractivity contribution in [3.63, 3.8) is 0 Å². The number of rotatable bonds is 4. The summed E-state index contributed by atoms with van der Waals surface area (Å²) in [4.78, 5) is 12.3. The van der Waals surface area contributed by atoms with Gasteiger partial charge < -0.3 is 5.32 Å². The minimum Gasteiger partial charge on any atom is -0.322 e. The SMILES string of the molecule is CS(=O)(=O)Nc1cccc(C(=O)Nc2ccc3c(c2)CCC3)c1. The topological polar surface area (TPSA) is 75.3 Å². The van der Waals surface area contributed by atoms with E-state index in [2.05, 4.69) is 16.1 Å². The molecule has 6 heteroatoms. The summed E-state index contributed by atoms with van der Waals surface area (Å²) in [7, 11) is -3.37. The van der Waals surface area contributed by atoms with Crippen molar-refractivity contribution < 1.29 is 13.2 Å². The molecule has 1 aliphatic rings. The molecule has 0 aromatic heterocycles. The number of carbonyl (C=O) groups excluding carboxylic acids is 1. The number of carbonyl (C=O) groups is 1. The van der Waals surface area contributed by atoms with Crippen molar-refractivity contribution in [2.24, 2.45) is 0 Å². The maximum Gasteiger partial charge on any atom is 0.255 e. The molecule has 0 aliphatic heterocycles. The molecule has 120 valence electrons. The third-order valence-corrected chi connectivity index (χ3v) is 4.39. The van der Waals surface area contributed by atoms with Crippen LogP contribution >= 0.6 is 0 Å². The Kier molecular flexibility index (Phi) is 4.09. The fourth-order valence-corrected chi connectivity index (χ4v) is 3.35. The van der Waals surface area contributed by atoms with Crippen LogP contribution in [0.1, 0.15) is 27.9 Å². The van der Waals surface area contributed by atoms with Gasteiger partial charge in [-0.15, -0.1) is 0 Å². The summed E-state index contributed by atoms with van der Waals surface area (Å²) >= 11 is 0. The smallest absolute Gasteiger partial charge is 0.255 e. The van der Waals surface area contributed by atoms with Crippen LogP contribution in [0, 0.1) is 0 Å². The zero-order valence-electron chi connectivity index (χ0n) is 12.8. The molecule has 0 fully saturated rings. The van der Waals surface area contributed by atoms with Gasteiger partial charge in [0.15, 0.2) is 0 Å². The molecule has 0 spiro atoms. The van der Waals surface area contributed by atoms with Crippen molar-refractivity contribution in [1.82, 2.24) is 0 Å². The number of amides is 1. The fraction of sp³-hybridized carbons (Fsp3) is 0.235. The van der Waals surface area contributed by atoms with Gasteiger partial charge in [0.2, 0.25) is 10.0 Å². The Bertz CT molecular complexity index is 860. The minimum atomic E-state index is -3.37. The summed E-state index contributed by atoms with van der Waals surface area (Å²) in [6.45, 7) is 0. The van der Waals surface area contributed by atoms with E-state index in [4.69, 9.17) is 0 Å². The summed E-state index contributed by atoms with van der Waals surface area (Å²) in [5.74, 6) is -0.264. The van der Waals surface area contributed by atoms with Crippen molar-refractivity contribution in [2.45, 2.75) is 19.3 Å². The molecule has 23 heavy (non-hydrogen) atoms. The molecule has 2 aromatic carbocycles. The average molecular weight is 330 g/mol. The molecule has 0 saturated heterocycles. The lowest BCUT2D eigenvalue weighted by molar-refractivity contribution is 0.102. The van der Waals surface area contributed by atoms with Gasteiger partial charge in [0.05, 0.1) is 6.26 Å². The lowest BCUT2D eigenvalue weighted by atomic mass is 10.1. The Morgan fingerprint density at radius 3 is 2.57 bits per heavy atom. The Morgan fingerprint density at radius 2 is 1.78 bits per heavy atom. The van der Waals surface area contributed by atoms with E-state index in [1.54, 1.807) is 18.2 Å². The summed E-state index contributed by atoms with van der Waals surface area (Å²) < 4.78 is 24.9. The van der Waals surface area contributed by atoms with Crippen molar-refractivity contribution in [1.29, 1.82) is 0 Å². The van der Waals surface area contributed by atoms with Crippen LogP contribution in [0.25, 0.3) is 0 Å². The van der Waals surface area contributed by atoms with Gasteiger partial charge in [0.25, 0.3) is 5.91 Å². The molecule has 0 heterocycles. The molecule has 1 amide bonds. The summed E-state index contributed by atoms with van der Waals surface area (Å²) in [5.41, 5.74) is 4.17. The van der Waals surface area contributed by atoms with Gasteiger partial charge in [0.1, 0.15) is 0 Å². The number of aryl methyl sites for hydroxylation is 2. The van der Waals surface area contributed by atoms with Gasteiger partial charge in [0, 0.05) is 16.9 Å². The molecular weight excluding hydrogens is 312 g/mol. The van der Waals surface area contributed by atoms with E-state index in [0.717, 1.165) is 31.2 Å². The van der Waals surface area contributed by atoms with Crippen molar-refractivity contribution in [3.8, 4) is 0 Å². The van der Waals surface area contributed by atoms with Gasteiger partial charge in [-0.1, -0.05) is 12.1 Å². The van der Waals surface area contributed by atoms with E-state index in [9.17, 15) is 13.2 Å². The van der Waals surface area contributed by atoms with Crippen LogP contribution < -0.4 is 10.0 Å². The quantitative estimate of drug-likeness (QED) is 0.905. The summed E-state index contributed by atoms with van der Waals surface area (Å²) in [6, 6.07) is 12.4. The maximum atomic E-state index is 12.3. The van der Waals surface area contributed by atoms with E-state index in [0.29, 0.717) is 11.3 Å². The number of hydrogen-bond acceptors (Lipinski definition) is 3. The highest BCUT2D eigenvalue weighted by molar-refractivity contribution is 7.92. The first kappa shape index (κ1) is 15.6. The van der Waals surface area contributed by atoms with Crippen molar-refractivity contribution in [2.75, 3.05) is 16.3 Å². The highest BCUT2D eigenvalue weighted by atomic mass is 32.2. The predicted molar refractivity (Wildman–Crippen MR) is 91.3 cm³/mol. The monoisotopic (exact) mass is 330 g/mol.